The fourth-order valence-corrected chi connectivity index (χ4v) is 2.53. The highest BCUT2D eigenvalue weighted by Crippen LogP contribution is 2.30. The molecule has 0 aromatic carbocycles. The molecule has 1 aliphatic carbocycles. The van der Waals surface area contributed by atoms with Crippen molar-refractivity contribution < 1.29 is 9.53 Å². The topological polar surface area (TPSA) is 38.3 Å². The van der Waals surface area contributed by atoms with Crippen LogP contribution in [0.5, 0.6) is 0 Å². The monoisotopic (exact) mass is 277 g/mol. The quantitative estimate of drug-likeness (QED) is 0.788. The maximum absolute atomic E-state index is 11.4. The third kappa shape index (κ3) is 5.40. The van der Waals surface area contributed by atoms with Gasteiger partial charge in [-0.25, -0.2) is 4.79 Å². The van der Waals surface area contributed by atoms with Crippen molar-refractivity contribution in [2.45, 2.75) is 50.5 Å². The molecule has 1 aliphatic rings. The Bertz CT molecular complexity index is 225. The smallest absolute Gasteiger partial charge is 0.407 e. The summed E-state index contributed by atoms with van der Waals surface area (Å²) in [5.74, 6) is 0.599. The molecule has 0 radical (unpaired) electrons. The summed E-state index contributed by atoms with van der Waals surface area (Å²) in [4.78, 5) is 12.0. The SMILES string of the molecule is CC(C)(C)OC(=O)NCC1CCC(Br)C1. The first-order valence-corrected chi connectivity index (χ1v) is 6.39. The molecule has 2 unspecified atom stereocenters. The molecular formula is C11H20BrNO2. The molecule has 2 atom stereocenters. The van der Waals surface area contributed by atoms with E-state index in [1.54, 1.807) is 0 Å². The van der Waals surface area contributed by atoms with Crippen LogP contribution in [0.3, 0.4) is 0 Å². The minimum absolute atomic E-state index is 0.305. The molecule has 0 aliphatic heterocycles. The lowest BCUT2D eigenvalue weighted by atomic mass is 10.1. The molecule has 0 aromatic rings. The van der Waals surface area contributed by atoms with E-state index < -0.39 is 5.60 Å². The first-order valence-electron chi connectivity index (χ1n) is 5.48. The lowest BCUT2D eigenvalue weighted by Crippen LogP contribution is -2.34. The summed E-state index contributed by atoms with van der Waals surface area (Å²) in [6.45, 7) is 6.35. The van der Waals surface area contributed by atoms with Crippen LogP contribution in [-0.2, 0) is 4.74 Å². The second kappa shape index (κ2) is 5.19. The van der Waals surface area contributed by atoms with Gasteiger partial charge in [-0.2, -0.15) is 0 Å². The van der Waals surface area contributed by atoms with Crippen molar-refractivity contribution >= 4 is 22.0 Å². The molecule has 0 bridgehead atoms. The summed E-state index contributed by atoms with van der Waals surface area (Å²) in [6, 6.07) is 0. The van der Waals surface area contributed by atoms with Crippen LogP contribution in [0.4, 0.5) is 4.79 Å². The van der Waals surface area contributed by atoms with E-state index in [0.717, 1.165) is 13.0 Å². The van der Waals surface area contributed by atoms with E-state index in [2.05, 4.69) is 21.2 Å². The molecule has 1 rings (SSSR count). The summed E-state index contributed by atoms with van der Waals surface area (Å²) < 4.78 is 5.16. The number of carbonyl (C=O) groups excluding carboxylic acids is 1. The number of hydrogen-bond donors (Lipinski definition) is 1. The van der Waals surface area contributed by atoms with E-state index in [4.69, 9.17) is 4.74 Å². The Labute approximate surface area is 100 Å². The predicted molar refractivity (Wildman–Crippen MR) is 64.3 cm³/mol. The number of amides is 1. The minimum Gasteiger partial charge on any atom is -0.444 e. The van der Waals surface area contributed by atoms with Crippen molar-refractivity contribution in [3.63, 3.8) is 0 Å². The maximum Gasteiger partial charge on any atom is 0.407 e. The van der Waals surface area contributed by atoms with Gasteiger partial charge < -0.3 is 10.1 Å². The van der Waals surface area contributed by atoms with Crippen LogP contribution >= 0.6 is 15.9 Å². The molecule has 4 heteroatoms. The second-order valence-corrected chi connectivity index (χ2v) is 6.45. The van der Waals surface area contributed by atoms with Gasteiger partial charge in [-0.05, 0) is 46.0 Å². The van der Waals surface area contributed by atoms with Crippen molar-refractivity contribution in [3.05, 3.63) is 0 Å². The first kappa shape index (κ1) is 12.8. The number of ether oxygens (including phenoxy) is 1. The van der Waals surface area contributed by atoms with Crippen LogP contribution in [0.25, 0.3) is 0 Å². The molecule has 1 saturated carbocycles. The molecular weight excluding hydrogens is 258 g/mol. The van der Waals surface area contributed by atoms with Gasteiger partial charge in [-0.1, -0.05) is 15.9 Å². The second-order valence-electron chi connectivity index (χ2n) is 5.16. The molecule has 0 heterocycles. The van der Waals surface area contributed by atoms with Crippen LogP contribution < -0.4 is 5.32 Å². The Morgan fingerprint density at radius 1 is 1.47 bits per heavy atom. The number of nitrogens with one attached hydrogen (secondary N) is 1. The summed E-state index contributed by atoms with van der Waals surface area (Å²) in [5.41, 5.74) is -0.405. The van der Waals surface area contributed by atoms with E-state index in [1.165, 1.54) is 12.8 Å². The molecule has 88 valence electrons. The Balaban J connectivity index is 2.17. The summed E-state index contributed by atoms with van der Waals surface area (Å²) in [5, 5.41) is 2.82. The van der Waals surface area contributed by atoms with Gasteiger partial charge in [0.25, 0.3) is 0 Å². The van der Waals surface area contributed by atoms with Crippen molar-refractivity contribution in [3.8, 4) is 0 Å². The highest BCUT2D eigenvalue weighted by Gasteiger charge is 2.23. The first-order chi connectivity index (χ1) is 6.87. The van der Waals surface area contributed by atoms with Gasteiger partial charge in [-0.3, -0.25) is 0 Å². The number of carbonyl (C=O) groups is 1. The van der Waals surface area contributed by atoms with Gasteiger partial charge >= 0.3 is 6.09 Å². The normalized spacial score (nSPS) is 26.4. The van der Waals surface area contributed by atoms with Gasteiger partial charge in [0.2, 0.25) is 0 Å². The zero-order valence-electron chi connectivity index (χ0n) is 9.68. The fourth-order valence-electron chi connectivity index (χ4n) is 1.74. The number of alkyl carbamates (subject to hydrolysis) is 1. The Kier molecular flexibility index (Phi) is 4.44. The van der Waals surface area contributed by atoms with Crippen molar-refractivity contribution in [2.24, 2.45) is 5.92 Å². The van der Waals surface area contributed by atoms with Crippen molar-refractivity contribution in [1.29, 1.82) is 0 Å². The van der Waals surface area contributed by atoms with Crippen LogP contribution in [0.2, 0.25) is 0 Å². The standard InChI is InChI=1S/C11H20BrNO2/c1-11(2,3)15-10(14)13-7-8-4-5-9(12)6-8/h8-9H,4-7H2,1-3H3,(H,13,14). The van der Waals surface area contributed by atoms with Gasteiger partial charge in [0.05, 0.1) is 0 Å². The summed E-state index contributed by atoms with van der Waals surface area (Å²) in [6.07, 6.45) is 3.24. The van der Waals surface area contributed by atoms with Crippen LogP contribution in [0.1, 0.15) is 40.0 Å². The average molecular weight is 278 g/mol. The van der Waals surface area contributed by atoms with E-state index in [1.807, 2.05) is 20.8 Å². The van der Waals surface area contributed by atoms with Crippen molar-refractivity contribution in [2.75, 3.05) is 6.54 Å². The average Bonchev–Trinajstić information content (AvgIpc) is 2.45. The molecule has 0 spiro atoms. The molecule has 0 saturated heterocycles. The van der Waals surface area contributed by atoms with Gasteiger partial charge in [-0.15, -0.1) is 0 Å². The van der Waals surface area contributed by atoms with Gasteiger partial charge in [0.15, 0.2) is 0 Å². The lowest BCUT2D eigenvalue weighted by molar-refractivity contribution is 0.0519. The fraction of sp³-hybridized carbons (Fsp3) is 0.909. The largest absolute Gasteiger partial charge is 0.444 e. The van der Waals surface area contributed by atoms with Crippen LogP contribution in [-0.4, -0.2) is 23.1 Å². The molecule has 1 fully saturated rings. The number of halogens is 1. The Morgan fingerprint density at radius 3 is 2.60 bits per heavy atom. The van der Waals surface area contributed by atoms with E-state index in [0.29, 0.717) is 10.7 Å². The highest BCUT2D eigenvalue weighted by atomic mass is 79.9. The lowest BCUT2D eigenvalue weighted by Gasteiger charge is -2.20. The van der Waals surface area contributed by atoms with E-state index >= 15 is 0 Å². The third-order valence-electron chi connectivity index (χ3n) is 2.41. The number of alkyl halides is 1. The third-order valence-corrected chi connectivity index (χ3v) is 3.24. The Morgan fingerprint density at radius 2 is 2.13 bits per heavy atom. The summed E-state index contributed by atoms with van der Waals surface area (Å²) in [7, 11) is 0. The zero-order valence-corrected chi connectivity index (χ0v) is 11.3. The molecule has 0 aromatic heterocycles. The molecule has 1 amide bonds. The summed E-state index contributed by atoms with van der Waals surface area (Å²) >= 11 is 3.59. The highest BCUT2D eigenvalue weighted by molar-refractivity contribution is 9.09. The van der Waals surface area contributed by atoms with Gasteiger partial charge in [0.1, 0.15) is 5.60 Å². The zero-order chi connectivity index (χ0) is 11.5. The Hall–Kier alpha value is -0.250. The minimum atomic E-state index is -0.405. The van der Waals surface area contributed by atoms with Crippen LogP contribution in [0.15, 0.2) is 0 Å². The maximum atomic E-state index is 11.4. The van der Waals surface area contributed by atoms with E-state index in [9.17, 15) is 4.79 Å². The van der Waals surface area contributed by atoms with E-state index in [-0.39, 0.29) is 6.09 Å². The van der Waals surface area contributed by atoms with Gasteiger partial charge in [0, 0.05) is 11.4 Å². The van der Waals surface area contributed by atoms with Crippen molar-refractivity contribution in [1.82, 2.24) is 5.32 Å². The predicted octanol–water partition coefficient (Wildman–Crippen LogP) is 3.07. The molecule has 15 heavy (non-hydrogen) atoms. The molecule has 1 N–H and O–H groups in total. The van der Waals surface area contributed by atoms with Crippen LogP contribution in [0, 0.1) is 5.92 Å². The number of rotatable bonds is 2. The number of hydrogen-bond acceptors (Lipinski definition) is 2. The molecule has 3 nitrogen and oxygen atoms in total.